The highest BCUT2D eigenvalue weighted by atomic mass is 19.1. The lowest BCUT2D eigenvalue weighted by atomic mass is 9.95. The van der Waals surface area contributed by atoms with Crippen LogP contribution in [0.5, 0.6) is 0 Å². The van der Waals surface area contributed by atoms with Crippen LogP contribution in [0.15, 0.2) is 18.2 Å². The highest BCUT2D eigenvalue weighted by Gasteiger charge is 2.22. The quantitative estimate of drug-likeness (QED) is 0.546. The maximum atomic E-state index is 14.4. The summed E-state index contributed by atoms with van der Waals surface area (Å²) in [5.74, 6) is -1.79. The fraction of sp³-hybridized carbons (Fsp3) is 0.571. The molecule has 0 radical (unpaired) electrons. The Kier molecular flexibility index (Phi) is 9.05. The first-order chi connectivity index (χ1) is 13.9. The molecule has 1 atom stereocenters. The monoisotopic (exact) mass is 407 g/mol. The van der Waals surface area contributed by atoms with Crippen LogP contribution in [-0.2, 0) is 25.5 Å². The van der Waals surface area contributed by atoms with Crippen LogP contribution in [0.4, 0.5) is 10.1 Å². The second-order valence-electron chi connectivity index (χ2n) is 7.28. The molecule has 0 bridgehead atoms. The third-order valence-corrected chi connectivity index (χ3v) is 5.05. The summed E-state index contributed by atoms with van der Waals surface area (Å²) in [6.07, 6.45) is 6.01. The lowest BCUT2D eigenvalue weighted by Crippen LogP contribution is -2.42. The van der Waals surface area contributed by atoms with Crippen molar-refractivity contribution < 1.29 is 23.5 Å². The molecule has 1 fully saturated rings. The predicted octanol–water partition coefficient (Wildman–Crippen LogP) is 2.30. The van der Waals surface area contributed by atoms with Crippen LogP contribution in [0.1, 0.15) is 51.0 Å². The van der Waals surface area contributed by atoms with Crippen molar-refractivity contribution in [2.24, 2.45) is 0 Å². The van der Waals surface area contributed by atoms with Gasteiger partial charge in [-0.2, -0.15) is 0 Å². The Morgan fingerprint density at radius 2 is 1.90 bits per heavy atom. The molecule has 2 amide bonds. The largest absolute Gasteiger partial charge is 0.467 e. The zero-order valence-electron chi connectivity index (χ0n) is 17.1. The van der Waals surface area contributed by atoms with Crippen molar-refractivity contribution in [3.05, 3.63) is 29.6 Å². The van der Waals surface area contributed by atoms with Crippen molar-refractivity contribution in [3.8, 4) is 0 Å². The Morgan fingerprint density at radius 1 is 1.17 bits per heavy atom. The summed E-state index contributed by atoms with van der Waals surface area (Å²) in [7, 11) is 1.23. The normalized spacial score (nSPS) is 15.4. The van der Waals surface area contributed by atoms with E-state index in [4.69, 9.17) is 4.74 Å². The SMILES string of the molecule is CCC(=O)N[C@H](Cc1ccc(NC(=O)CNC2CCCCC2)c(F)c1)C(=O)OC. The molecule has 2 rings (SSSR count). The van der Waals surface area contributed by atoms with Gasteiger partial charge in [-0.25, -0.2) is 9.18 Å². The number of hydrogen-bond acceptors (Lipinski definition) is 5. The van der Waals surface area contributed by atoms with E-state index in [1.54, 1.807) is 13.0 Å². The molecule has 1 aliphatic rings. The van der Waals surface area contributed by atoms with Gasteiger partial charge in [0.05, 0.1) is 19.3 Å². The van der Waals surface area contributed by atoms with E-state index in [9.17, 15) is 18.8 Å². The molecule has 1 aliphatic carbocycles. The molecule has 160 valence electrons. The van der Waals surface area contributed by atoms with E-state index >= 15 is 0 Å². The van der Waals surface area contributed by atoms with Gasteiger partial charge in [-0.15, -0.1) is 0 Å². The molecule has 1 aromatic carbocycles. The first-order valence-electron chi connectivity index (χ1n) is 10.1. The molecule has 0 heterocycles. The van der Waals surface area contributed by atoms with Gasteiger partial charge in [0.1, 0.15) is 11.9 Å². The topological polar surface area (TPSA) is 96.5 Å². The molecule has 0 saturated heterocycles. The maximum Gasteiger partial charge on any atom is 0.328 e. The molecular weight excluding hydrogens is 377 g/mol. The molecular formula is C21H30FN3O4. The lowest BCUT2D eigenvalue weighted by molar-refractivity contribution is -0.145. The molecule has 8 heteroatoms. The molecule has 0 aliphatic heterocycles. The minimum Gasteiger partial charge on any atom is -0.467 e. The van der Waals surface area contributed by atoms with Gasteiger partial charge in [0.15, 0.2) is 0 Å². The number of amides is 2. The van der Waals surface area contributed by atoms with E-state index < -0.39 is 17.8 Å². The molecule has 1 saturated carbocycles. The van der Waals surface area contributed by atoms with Crippen LogP contribution < -0.4 is 16.0 Å². The standard InChI is InChI=1S/C21H30FN3O4/c1-3-19(26)25-18(21(28)29-2)12-14-9-10-17(16(22)11-14)24-20(27)13-23-15-7-5-4-6-8-15/h9-11,15,18,23H,3-8,12-13H2,1-2H3,(H,24,27)(H,25,26)/t18-/m1/s1. The molecule has 0 aromatic heterocycles. The Balaban J connectivity index is 1.92. The fourth-order valence-corrected chi connectivity index (χ4v) is 3.39. The summed E-state index contributed by atoms with van der Waals surface area (Å²) in [4.78, 5) is 35.6. The number of ether oxygens (including phenoxy) is 1. The predicted molar refractivity (Wildman–Crippen MR) is 108 cm³/mol. The van der Waals surface area contributed by atoms with Crippen LogP contribution in [0.2, 0.25) is 0 Å². The highest BCUT2D eigenvalue weighted by molar-refractivity contribution is 5.92. The minimum absolute atomic E-state index is 0.0800. The van der Waals surface area contributed by atoms with Crippen molar-refractivity contribution >= 4 is 23.5 Å². The average Bonchev–Trinajstić information content (AvgIpc) is 2.73. The number of hydrogen-bond donors (Lipinski definition) is 3. The van der Waals surface area contributed by atoms with Crippen LogP contribution in [-0.4, -0.2) is 43.5 Å². The first-order valence-corrected chi connectivity index (χ1v) is 10.1. The molecule has 7 nitrogen and oxygen atoms in total. The van der Waals surface area contributed by atoms with Gasteiger partial charge in [0, 0.05) is 18.9 Å². The third-order valence-electron chi connectivity index (χ3n) is 5.05. The Hall–Kier alpha value is -2.48. The first kappa shape index (κ1) is 22.8. The number of rotatable bonds is 9. The maximum absolute atomic E-state index is 14.4. The number of carbonyl (C=O) groups excluding carboxylic acids is 3. The van der Waals surface area contributed by atoms with E-state index in [1.165, 1.54) is 38.5 Å². The Bertz CT molecular complexity index is 720. The number of anilines is 1. The summed E-state index contributed by atoms with van der Waals surface area (Å²) in [6.45, 7) is 1.81. The van der Waals surface area contributed by atoms with Gasteiger partial charge in [0.2, 0.25) is 11.8 Å². The number of halogens is 1. The van der Waals surface area contributed by atoms with Crippen molar-refractivity contribution in [3.63, 3.8) is 0 Å². The molecule has 0 unspecified atom stereocenters. The van der Waals surface area contributed by atoms with Crippen molar-refractivity contribution in [1.82, 2.24) is 10.6 Å². The van der Waals surface area contributed by atoms with Crippen LogP contribution in [0.25, 0.3) is 0 Å². The van der Waals surface area contributed by atoms with Crippen LogP contribution in [0, 0.1) is 5.82 Å². The average molecular weight is 407 g/mol. The number of esters is 1. The summed E-state index contributed by atoms with van der Waals surface area (Å²) >= 11 is 0. The van der Waals surface area contributed by atoms with E-state index in [2.05, 4.69) is 16.0 Å². The van der Waals surface area contributed by atoms with Gasteiger partial charge in [-0.3, -0.25) is 9.59 Å². The fourth-order valence-electron chi connectivity index (χ4n) is 3.39. The second-order valence-corrected chi connectivity index (χ2v) is 7.28. The number of methoxy groups -OCH3 is 1. The highest BCUT2D eigenvalue weighted by Crippen LogP contribution is 2.18. The van der Waals surface area contributed by atoms with Crippen molar-refractivity contribution in [1.29, 1.82) is 0 Å². The summed E-state index contributed by atoms with van der Waals surface area (Å²) in [6, 6.07) is 3.76. The number of benzene rings is 1. The van der Waals surface area contributed by atoms with Gasteiger partial charge < -0.3 is 20.7 Å². The van der Waals surface area contributed by atoms with E-state index in [0.717, 1.165) is 12.8 Å². The third kappa shape index (κ3) is 7.45. The summed E-state index contributed by atoms with van der Waals surface area (Å²) in [5, 5.41) is 8.35. The molecule has 0 spiro atoms. The molecule has 29 heavy (non-hydrogen) atoms. The van der Waals surface area contributed by atoms with Gasteiger partial charge in [-0.05, 0) is 30.5 Å². The van der Waals surface area contributed by atoms with Gasteiger partial charge in [-0.1, -0.05) is 32.3 Å². The zero-order valence-corrected chi connectivity index (χ0v) is 17.1. The molecule has 3 N–H and O–H groups in total. The Labute approximate surface area is 170 Å². The van der Waals surface area contributed by atoms with Crippen LogP contribution in [0.3, 0.4) is 0 Å². The van der Waals surface area contributed by atoms with Crippen molar-refractivity contribution in [2.45, 2.75) is 64.0 Å². The Morgan fingerprint density at radius 3 is 2.52 bits per heavy atom. The smallest absolute Gasteiger partial charge is 0.328 e. The van der Waals surface area contributed by atoms with E-state index in [0.29, 0.717) is 11.6 Å². The van der Waals surface area contributed by atoms with Gasteiger partial charge >= 0.3 is 5.97 Å². The van der Waals surface area contributed by atoms with E-state index in [1.807, 2.05) is 0 Å². The van der Waals surface area contributed by atoms with E-state index in [-0.39, 0.29) is 36.9 Å². The lowest BCUT2D eigenvalue weighted by Gasteiger charge is -2.22. The zero-order chi connectivity index (χ0) is 21.2. The summed E-state index contributed by atoms with van der Waals surface area (Å²) < 4.78 is 19.1. The molecule has 1 aromatic rings. The minimum atomic E-state index is -0.896. The number of nitrogens with one attached hydrogen (secondary N) is 3. The van der Waals surface area contributed by atoms with Crippen molar-refractivity contribution in [2.75, 3.05) is 19.0 Å². The number of carbonyl (C=O) groups is 3. The van der Waals surface area contributed by atoms with Crippen LogP contribution >= 0.6 is 0 Å². The second kappa shape index (κ2) is 11.5. The summed E-state index contributed by atoms with van der Waals surface area (Å²) in [5.41, 5.74) is 0.587. The van der Waals surface area contributed by atoms with Gasteiger partial charge in [0.25, 0.3) is 0 Å².